The molecule has 3 rings (SSSR count). The molecule has 1 aromatic carbocycles. The van der Waals surface area contributed by atoms with Gasteiger partial charge in [0.15, 0.2) is 11.5 Å². The van der Waals surface area contributed by atoms with Gasteiger partial charge < -0.3 is 19.4 Å². The smallest absolute Gasteiger partial charge is 0.246 e. The molecular formula is C15H15N3O3. The van der Waals surface area contributed by atoms with Crippen molar-refractivity contribution in [1.29, 1.82) is 0 Å². The minimum atomic E-state index is -0.0935. The number of carbonyl (C=O) groups excluding carboxylic acids is 1. The van der Waals surface area contributed by atoms with Gasteiger partial charge in [-0.15, -0.1) is 0 Å². The topological polar surface area (TPSA) is 67.5 Å². The number of aromatic amines is 1. The molecule has 0 saturated carbocycles. The third-order valence-electron chi connectivity index (χ3n) is 3.13. The Morgan fingerprint density at radius 1 is 1.43 bits per heavy atom. The van der Waals surface area contributed by atoms with Gasteiger partial charge in [0.1, 0.15) is 5.82 Å². The zero-order valence-corrected chi connectivity index (χ0v) is 11.6. The van der Waals surface area contributed by atoms with Gasteiger partial charge in [0, 0.05) is 25.5 Å². The second-order valence-electron chi connectivity index (χ2n) is 4.68. The van der Waals surface area contributed by atoms with Gasteiger partial charge in [0.25, 0.3) is 0 Å². The van der Waals surface area contributed by atoms with Crippen molar-refractivity contribution < 1.29 is 14.3 Å². The molecule has 0 fully saturated rings. The van der Waals surface area contributed by atoms with E-state index in [0.717, 1.165) is 17.1 Å². The summed E-state index contributed by atoms with van der Waals surface area (Å²) in [5.41, 5.74) is 0.888. The Balaban J connectivity index is 1.63. The van der Waals surface area contributed by atoms with Gasteiger partial charge in [-0.1, -0.05) is 6.07 Å². The predicted molar refractivity (Wildman–Crippen MR) is 76.7 cm³/mol. The third kappa shape index (κ3) is 3.05. The zero-order chi connectivity index (χ0) is 14.7. The summed E-state index contributed by atoms with van der Waals surface area (Å²) in [7, 11) is 1.73. The molecule has 108 valence electrons. The minimum absolute atomic E-state index is 0.0935. The van der Waals surface area contributed by atoms with Crippen molar-refractivity contribution in [3.63, 3.8) is 0 Å². The van der Waals surface area contributed by atoms with E-state index in [9.17, 15) is 4.79 Å². The van der Waals surface area contributed by atoms with Gasteiger partial charge in [-0.05, 0) is 23.8 Å². The van der Waals surface area contributed by atoms with Crippen LogP contribution >= 0.6 is 0 Å². The van der Waals surface area contributed by atoms with Crippen molar-refractivity contribution in [3.05, 3.63) is 48.1 Å². The minimum Gasteiger partial charge on any atom is -0.454 e. The molecule has 0 saturated heterocycles. The van der Waals surface area contributed by atoms with E-state index in [0.29, 0.717) is 12.3 Å². The number of fused-ring (bicyclic) bond motifs is 1. The first kappa shape index (κ1) is 13.2. The molecule has 0 atom stereocenters. The molecule has 21 heavy (non-hydrogen) atoms. The Hall–Kier alpha value is -2.76. The lowest BCUT2D eigenvalue weighted by molar-refractivity contribution is -0.125. The van der Waals surface area contributed by atoms with Crippen molar-refractivity contribution in [2.45, 2.75) is 6.54 Å². The van der Waals surface area contributed by atoms with Gasteiger partial charge in [0.05, 0.1) is 6.54 Å². The highest BCUT2D eigenvalue weighted by molar-refractivity contribution is 5.91. The highest BCUT2D eigenvalue weighted by atomic mass is 16.7. The number of ether oxygens (including phenoxy) is 2. The summed E-state index contributed by atoms with van der Waals surface area (Å²) in [4.78, 5) is 20.7. The maximum atomic E-state index is 12.0. The summed E-state index contributed by atoms with van der Waals surface area (Å²) < 4.78 is 10.5. The maximum absolute atomic E-state index is 12.0. The SMILES string of the molecule is CN(Cc1ncc[nH]1)C(=O)C=Cc1ccc2c(c1)OCO2. The van der Waals surface area contributed by atoms with Crippen molar-refractivity contribution >= 4 is 12.0 Å². The molecule has 0 bridgehead atoms. The average Bonchev–Trinajstić information content (AvgIpc) is 3.14. The van der Waals surface area contributed by atoms with E-state index >= 15 is 0 Å². The summed E-state index contributed by atoms with van der Waals surface area (Å²) in [6.45, 7) is 0.685. The van der Waals surface area contributed by atoms with Crippen LogP contribution in [0.25, 0.3) is 6.08 Å². The Labute approximate surface area is 122 Å². The lowest BCUT2D eigenvalue weighted by atomic mass is 10.2. The molecule has 0 radical (unpaired) electrons. The standard InChI is InChI=1S/C15H15N3O3/c1-18(9-14-16-6-7-17-14)15(19)5-3-11-2-4-12-13(8-11)21-10-20-12/h2-8H,9-10H2,1H3,(H,16,17). The van der Waals surface area contributed by atoms with E-state index < -0.39 is 0 Å². The maximum Gasteiger partial charge on any atom is 0.246 e. The molecular weight excluding hydrogens is 270 g/mol. The van der Waals surface area contributed by atoms with Crippen LogP contribution in [0.15, 0.2) is 36.7 Å². The first-order chi connectivity index (χ1) is 10.2. The summed E-state index contributed by atoms with van der Waals surface area (Å²) in [5, 5.41) is 0. The molecule has 2 heterocycles. The van der Waals surface area contributed by atoms with Crippen LogP contribution in [0.4, 0.5) is 0 Å². The van der Waals surface area contributed by atoms with Gasteiger partial charge in [-0.25, -0.2) is 4.98 Å². The predicted octanol–water partition coefficient (Wildman–Crippen LogP) is 1.81. The fraction of sp³-hybridized carbons (Fsp3) is 0.200. The largest absolute Gasteiger partial charge is 0.454 e. The Kier molecular flexibility index (Phi) is 3.59. The van der Waals surface area contributed by atoms with Crippen LogP contribution in [0, 0.1) is 0 Å². The van der Waals surface area contributed by atoms with E-state index in [2.05, 4.69) is 9.97 Å². The van der Waals surface area contributed by atoms with E-state index in [1.807, 2.05) is 18.2 Å². The molecule has 1 aliphatic heterocycles. The number of rotatable bonds is 4. The molecule has 0 unspecified atom stereocenters. The van der Waals surface area contributed by atoms with Crippen molar-refractivity contribution in [2.75, 3.05) is 13.8 Å². The average molecular weight is 285 g/mol. The number of nitrogens with one attached hydrogen (secondary N) is 1. The van der Waals surface area contributed by atoms with Crippen molar-refractivity contribution in [1.82, 2.24) is 14.9 Å². The van der Waals surface area contributed by atoms with E-state index in [1.165, 1.54) is 6.08 Å². The number of likely N-dealkylation sites (N-methyl/N-ethyl adjacent to an activating group) is 1. The van der Waals surface area contributed by atoms with Crippen LogP contribution < -0.4 is 9.47 Å². The number of H-pyrrole nitrogens is 1. The van der Waals surface area contributed by atoms with Crippen LogP contribution in [0.3, 0.4) is 0 Å². The molecule has 6 nitrogen and oxygen atoms in total. The van der Waals surface area contributed by atoms with E-state index in [4.69, 9.17) is 9.47 Å². The Bertz CT molecular complexity index is 665. The second-order valence-corrected chi connectivity index (χ2v) is 4.68. The summed E-state index contributed by atoms with van der Waals surface area (Å²) in [6, 6.07) is 5.56. The summed E-state index contributed by atoms with van der Waals surface area (Å²) in [5.74, 6) is 2.09. The first-order valence-corrected chi connectivity index (χ1v) is 6.53. The van der Waals surface area contributed by atoms with Crippen LogP contribution in [0.1, 0.15) is 11.4 Å². The number of hydrogen-bond donors (Lipinski definition) is 1. The number of benzene rings is 1. The Morgan fingerprint density at radius 2 is 2.29 bits per heavy atom. The van der Waals surface area contributed by atoms with Gasteiger partial charge in [0.2, 0.25) is 12.7 Å². The van der Waals surface area contributed by atoms with Crippen molar-refractivity contribution in [2.24, 2.45) is 0 Å². The van der Waals surface area contributed by atoms with Crippen molar-refractivity contribution in [3.8, 4) is 11.5 Å². The lowest BCUT2D eigenvalue weighted by Gasteiger charge is -2.12. The van der Waals surface area contributed by atoms with Gasteiger partial charge in [-0.3, -0.25) is 4.79 Å². The fourth-order valence-electron chi connectivity index (χ4n) is 2.00. The quantitative estimate of drug-likeness (QED) is 0.870. The van der Waals surface area contributed by atoms with E-state index in [1.54, 1.807) is 30.4 Å². The van der Waals surface area contributed by atoms with Crippen LogP contribution in [0.2, 0.25) is 0 Å². The molecule has 1 aliphatic rings. The molecule has 2 aromatic rings. The number of imidazole rings is 1. The highest BCUT2D eigenvalue weighted by Crippen LogP contribution is 2.32. The van der Waals surface area contributed by atoms with Crippen LogP contribution in [-0.4, -0.2) is 34.6 Å². The van der Waals surface area contributed by atoms with Crippen LogP contribution in [-0.2, 0) is 11.3 Å². The van der Waals surface area contributed by atoms with E-state index in [-0.39, 0.29) is 12.7 Å². The normalized spacial score (nSPS) is 12.8. The number of aromatic nitrogens is 2. The fourth-order valence-corrected chi connectivity index (χ4v) is 2.00. The lowest BCUT2D eigenvalue weighted by Crippen LogP contribution is -2.24. The number of nitrogens with zero attached hydrogens (tertiary/aromatic N) is 2. The molecule has 1 aromatic heterocycles. The molecule has 1 amide bonds. The summed E-state index contributed by atoms with van der Waals surface area (Å²) >= 11 is 0. The first-order valence-electron chi connectivity index (χ1n) is 6.53. The monoisotopic (exact) mass is 285 g/mol. The zero-order valence-electron chi connectivity index (χ0n) is 11.6. The molecule has 6 heteroatoms. The second kappa shape index (κ2) is 5.70. The molecule has 0 spiro atoms. The number of amides is 1. The molecule has 1 N–H and O–H groups in total. The van der Waals surface area contributed by atoms with Gasteiger partial charge in [-0.2, -0.15) is 0 Å². The summed E-state index contributed by atoms with van der Waals surface area (Å²) in [6.07, 6.45) is 6.68. The third-order valence-corrected chi connectivity index (χ3v) is 3.13. The Morgan fingerprint density at radius 3 is 3.10 bits per heavy atom. The molecule has 0 aliphatic carbocycles. The highest BCUT2D eigenvalue weighted by Gasteiger charge is 2.12. The number of hydrogen-bond acceptors (Lipinski definition) is 4. The number of carbonyl (C=O) groups is 1. The van der Waals surface area contributed by atoms with Gasteiger partial charge >= 0.3 is 0 Å². The van der Waals surface area contributed by atoms with Crippen LogP contribution in [0.5, 0.6) is 11.5 Å².